The van der Waals surface area contributed by atoms with Crippen LogP contribution in [-0.2, 0) is 6.42 Å². The Morgan fingerprint density at radius 1 is 1.11 bits per heavy atom. The molecular weight excluding hydrogens is 230 g/mol. The molecule has 1 fully saturated rings. The van der Waals surface area contributed by atoms with Crippen molar-refractivity contribution in [3.05, 3.63) is 35.4 Å². The van der Waals surface area contributed by atoms with Crippen LogP contribution >= 0.6 is 0 Å². The summed E-state index contributed by atoms with van der Waals surface area (Å²) in [5.74, 6) is 1.68. The number of nitrogens with one attached hydrogen (secondary N) is 1. The van der Waals surface area contributed by atoms with E-state index < -0.39 is 0 Å². The fourth-order valence-corrected chi connectivity index (χ4v) is 3.85. The summed E-state index contributed by atoms with van der Waals surface area (Å²) in [6.45, 7) is 3.58. The van der Waals surface area contributed by atoms with Gasteiger partial charge in [-0.15, -0.1) is 0 Å². The van der Waals surface area contributed by atoms with Crippen LogP contribution in [0.4, 0.5) is 0 Å². The summed E-state index contributed by atoms with van der Waals surface area (Å²) in [5.41, 5.74) is 3.15. The van der Waals surface area contributed by atoms with E-state index >= 15 is 0 Å². The van der Waals surface area contributed by atoms with Crippen LogP contribution in [0.5, 0.6) is 0 Å². The molecule has 1 aromatic rings. The Morgan fingerprint density at radius 2 is 1.84 bits per heavy atom. The molecule has 3 rings (SSSR count). The number of benzene rings is 1. The molecule has 1 nitrogen and oxygen atoms in total. The highest BCUT2D eigenvalue weighted by Crippen LogP contribution is 2.34. The molecule has 104 valence electrons. The van der Waals surface area contributed by atoms with E-state index in [-0.39, 0.29) is 0 Å². The van der Waals surface area contributed by atoms with Gasteiger partial charge in [0.15, 0.2) is 0 Å². The van der Waals surface area contributed by atoms with Gasteiger partial charge in [0, 0.05) is 18.5 Å². The van der Waals surface area contributed by atoms with E-state index in [1.807, 2.05) is 0 Å². The third-order valence-electron chi connectivity index (χ3n) is 5.25. The molecule has 0 saturated heterocycles. The summed E-state index contributed by atoms with van der Waals surface area (Å²) >= 11 is 0. The molecule has 1 saturated carbocycles. The molecule has 2 atom stereocenters. The molecule has 0 radical (unpaired) electrons. The summed E-state index contributed by atoms with van der Waals surface area (Å²) in [4.78, 5) is 0. The Hall–Kier alpha value is -0.820. The Balaban J connectivity index is 1.47. The maximum atomic E-state index is 3.82. The van der Waals surface area contributed by atoms with Crippen molar-refractivity contribution < 1.29 is 0 Å². The van der Waals surface area contributed by atoms with Crippen LogP contribution in [-0.4, -0.2) is 12.6 Å². The van der Waals surface area contributed by atoms with Crippen molar-refractivity contribution >= 4 is 0 Å². The lowest BCUT2D eigenvalue weighted by atomic mass is 9.77. The fourth-order valence-electron chi connectivity index (χ4n) is 3.85. The molecule has 2 aliphatic rings. The molecule has 0 spiro atoms. The predicted octanol–water partition coefficient (Wildman–Crippen LogP) is 4.27. The second-order valence-corrected chi connectivity index (χ2v) is 6.55. The molecule has 1 heteroatoms. The van der Waals surface area contributed by atoms with Gasteiger partial charge in [0.1, 0.15) is 0 Å². The fraction of sp³-hybridized carbons (Fsp3) is 0.667. The average molecular weight is 257 g/mol. The monoisotopic (exact) mass is 257 g/mol. The van der Waals surface area contributed by atoms with Gasteiger partial charge in [-0.3, -0.25) is 0 Å². The lowest BCUT2D eigenvalue weighted by molar-refractivity contribution is 0.327. The molecule has 1 N–H and O–H groups in total. The van der Waals surface area contributed by atoms with Gasteiger partial charge in [-0.2, -0.15) is 0 Å². The Kier molecular flexibility index (Phi) is 4.22. The molecule has 19 heavy (non-hydrogen) atoms. The van der Waals surface area contributed by atoms with Gasteiger partial charge in [-0.05, 0) is 43.2 Å². The van der Waals surface area contributed by atoms with Gasteiger partial charge < -0.3 is 5.32 Å². The predicted molar refractivity (Wildman–Crippen MR) is 81.5 cm³/mol. The molecule has 0 amide bonds. The van der Waals surface area contributed by atoms with Crippen molar-refractivity contribution in [2.24, 2.45) is 5.92 Å². The minimum atomic E-state index is 0.700. The minimum absolute atomic E-state index is 0.700. The van der Waals surface area contributed by atoms with Crippen molar-refractivity contribution in [3.63, 3.8) is 0 Å². The van der Waals surface area contributed by atoms with Crippen molar-refractivity contribution in [2.45, 2.75) is 63.8 Å². The average Bonchev–Trinajstić information content (AvgIpc) is 2.68. The zero-order chi connectivity index (χ0) is 13.1. The second-order valence-electron chi connectivity index (χ2n) is 6.55. The van der Waals surface area contributed by atoms with Crippen LogP contribution in [0.15, 0.2) is 24.3 Å². The standard InChI is InChI=1S/C18H27N/c1-14(15-8-4-2-3-5-9-15)19-13-17-12-16-10-6-7-11-18(16)17/h6-7,10-11,14-15,17,19H,2-5,8-9,12-13H2,1H3/t14-,17?/m0/s1. The molecule has 1 aromatic carbocycles. The van der Waals surface area contributed by atoms with Gasteiger partial charge in [0.05, 0.1) is 0 Å². The summed E-state index contributed by atoms with van der Waals surface area (Å²) in [7, 11) is 0. The second kappa shape index (κ2) is 6.09. The first-order valence-electron chi connectivity index (χ1n) is 8.16. The van der Waals surface area contributed by atoms with E-state index in [1.54, 1.807) is 11.1 Å². The number of rotatable bonds is 4. The van der Waals surface area contributed by atoms with Crippen molar-refractivity contribution in [1.82, 2.24) is 5.32 Å². The van der Waals surface area contributed by atoms with E-state index in [4.69, 9.17) is 0 Å². The summed E-state index contributed by atoms with van der Waals surface area (Å²) in [6.07, 6.45) is 9.97. The van der Waals surface area contributed by atoms with Crippen molar-refractivity contribution in [2.75, 3.05) is 6.54 Å². The highest BCUT2D eigenvalue weighted by atomic mass is 14.9. The molecule has 0 aliphatic heterocycles. The van der Waals surface area contributed by atoms with Crippen molar-refractivity contribution in [3.8, 4) is 0 Å². The number of hydrogen-bond acceptors (Lipinski definition) is 1. The lowest BCUT2D eigenvalue weighted by Crippen LogP contribution is -2.38. The van der Waals surface area contributed by atoms with E-state index in [0.29, 0.717) is 6.04 Å². The summed E-state index contributed by atoms with van der Waals surface area (Å²) in [5, 5.41) is 3.82. The highest BCUT2D eigenvalue weighted by Gasteiger charge is 2.26. The van der Waals surface area contributed by atoms with Crippen LogP contribution < -0.4 is 5.32 Å². The minimum Gasteiger partial charge on any atom is -0.313 e. The third kappa shape index (κ3) is 3.02. The zero-order valence-corrected chi connectivity index (χ0v) is 12.2. The van der Waals surface area contributed by atoms with E-state index in [9.17, 15) is 0 Å². The quantitative estimate of drug-likeness (QED) is 0.794. The van der Waals surface area contributed by atoms with Gasteiger partial charge in [-0.1, -0.05) is 49.9 Å². The largest absolute Gasteiger partial charge is 0.313 e. The van der Waals surface area contributed by atoms with Crippen LogP contribution in [0.3, 0.4) is 0 Å². The summed E-state index contributed by atoms with van der Waals surface area (Å²) < 4.78 is 0. The molecule has 0 bridgehead atoms. The molecule has 1 unspecified atom stereocenters. The first-order chi connectivity index (χ1) is 9.34. The smallest absolute Gasteiger partial charge is 0.00672 e. The maximum Gasteiger partial charge on any atom is 0.00672 e. The van der Waals surface area contributed by atoms with E-state index in [1.165, 1.54) is 51.5 Å². The zero-order valence-electron chi connectivity index (χ0n) is 12.2. The van der Waals surface area contributed by atoms with Gasteiger partial charge in [0.2, 0.25) is 0 Å². The third-order valence-corrected chi connectivity index (χ3v) is 5.25. The first kappa shape index (κ1) is 13.2. The summed E-state index contributed by atoms with van der Waals surface area (Å²) in [6, 6.07) is 9.63. The van der Waals surface area contributed by atoms with Gasteiger partial charge in [-0.25, -0.2) is 0 Å². The number of fused-ring (bicyclic) bond motifs is 1. The Bertz CT molecular complexity index is 404. The van der Waals surface area contributed by atoms with E-state index in [0.717, 1.165) is 11.8 Å². The highest BCUT2D eigenvalue weighted by molar-refractivity contribution is 5.40. The lowest BCUT2D eigenvalue weighted by Gasteiger charge is -2.33. The van der Waals surface area contributed by atoms with Gasteiger partial charge >= 0.3 is 0 Å². The molecular formula is C18H27N. The maximum absolute atomic E-state index is 3.82. The van der Waals surface area contributed by atoms with Crippen LogP contribution in [0.25, 0.3) is 0 Å². The van der Waals surface area contributed by atoms with E-state index in [2.05, 4.69) is 36.5 Å². The molecule has 0 aromatic heterocycles. The van der Waals surface area contributed by atoms with Crippen LogP contribution in [0.1, 0.15) is 62.5 Å². The normalized spacial score (nSPS) is 25.2. The first-order valence-corrected chi connectivity index (χ1v) is 8.16. The van der Waals surface area contributed by atoms with Crippen LogP contribution in [0, 0.1) is 5.92 Å². The Morgan fingerprint density at radius 3 is 2.58 bits per heavy atom. The Labute approximate surface area is 117 Å². The molecule has 0 heterocycles. The molecule has 2 aliphatic carbocycles. The SMILES string of the molecule is C[C@H](NCC1Cc2ccccc21)C1CCCCCC1. The van der Waals surface area contributed by atoms with Crippen LogP contribution in [0.2, 0.25) is 0 Å². The van der Waals surface area contributed by atoms with Gasteiger partial charge in [0.25, 0.3) is 0 Å². The number of hydrogen-bond donors (Lipinski definition) is 1. The topological polar surface area (TPSA) is 12.0 Å². The van der Waals surface area contributed by atoms with Crippen molar-refractivity contribution in [1.29, 1.82) is 0 Å².